The number of nitrogens with zero attached hydrogens (tertiary/aromatic N) is 3. The first-order chi connectivity index (χ1) is 13.8. The quantitative estimate of drug-likeness (QED) is 0.429. The Morgan fingerprint density at radius 3 is 2.76 bits per heavy atom. The molecule has 11 heteroatoms. The molecule has 4 N–H and O–H groups in total. The number of carbonyl (C=O) groups is 1. The zero-order chi connectivity index (χ0) is 20.6. The predicted molar refractivity (Wildman–Crippen MR) is 111 cm³/mol. The fourth-order valence-electron chi connectivity index (χ4n) is 2.97. The number of anilines is 1. The van der Waals surface area contributed by atoms with Crippen LogP contribution in [0.15, 0.2) is 42.2 Å². The lowest BCUT2D eigenvalue weighted by Gasteiger charge is -2.09. The molecule has 29 heavy (non-hydrogen) atoms. The Kier molecular flexibility index (Phi) is 4.76. The van der Waals surface area contributed by atoms with Gasteiger partial charge in [-0.2, -0.15) is 5.10 Å². The van der Waals surface area contributed by atoms with Gasteiger partial charge in [-0.15, -0.1) is 11.3 Å². The largest absolute Gasteiger partial charge is 0.364 e. The van der Waals surface area contributed by atoms with Crippen LogP contribution >= 0.6 is 11.3 Å². The van der Waals surface area contributed by atoms with Crippen LogP contribution in [-0.2, 0) is 16.4 Å². The lowest BCUT2D eigenvalue weighted by Crippen LogP contribution is -2.11. The van der Waals surface area contributed by atoms with E-state index in [1.165, 1.54) is 17.5 Å². The molecule has 1 aromatic carbocycles. The van der Waals surface area contributed by atoms with Crippen LogP contribution in [0, 0.1) is 0 Å². The van der Waals surface area contributed by atoms with Gasteiger partial charge in [0.1, 0.15) is 5.69 Å². The molecule has 0 aliphatic heterocycles. The summed E-state index contributed by atoms with van der Waals surface area (Å²) in [4.78, 5) is 19.7. The Balaban J connectivity index is 1.75. The Bertz CT molecular complexity index is 1330. The van der Waals surface area contributed by atoms with Gasteiger partial charge in [0, 0.05) is 28.9 Å². The highest BCUT2D eigenvalue weighted by molar-refractivity contribution is 7.92. The van der Waals surface area contributed by atoms with Gasteiger partial charge in [-0.05, 0) is 29.3 Å². The van der Waals surface area contributed by atoms with Crippen molar-refractivity contribution >= 4 is 43.9 Å². The first-order valence-corrected chi connectivity index (χ1v) is 11.2. The third-order valence-electron chi connectivity index (χ3n) is 4.17. The maximum absolute atomic E-state index is 11.5. The third kappa shape index (κ3) is 4.25. The number of fused-ring (bicyclic) bond motifs is 1. The monoisotopic (exact) mass is 428 g/mol. The van der Waals surface area contributed by atoms with Crippen LogP contribution in [0.4, 0.5) is 5.69 Å². The van der Waals surface area contributed by atoms with Crippen LogP contribution < -0.4 is 10.5 Å². The lowest BCUT2D eigenvalue weighted by molar-refractivity contribution is 0.0996. The molecule has 0 aliphatic rings. The molecule has 0 aliphatic carbocycles. The molecule has 0 atom stereocenters. The number of hydrogen-bond acceptors (Lipinski definition) is 7. The van der Waals surface area contributed by atoms with Gasteiger partial charge in [0.2, 0.25) is 10.0 Å². The summed E-state index contributed by atoms with van der Waals surface area (Å²) >= 11 is 1.36. The highest BCUT2D eigenvalue weighted by Gasteiger charge is 2.13. The fraction of sp³-hybridized carbons (Fsp3) is 0.111. The maximum atomic E-state index is 11.5. The van der Waals surface area contributed by atoms with E-state index in [1.54, 1.807) is 23.8 Å². The predicted octanol–water partition coefficient (Wildman–Crippen LogP) is 2.14. The van der Waals surface area contributed by atoms with Gasteiger partial charge in [0.15, 0.2) is 0 Å². The van der Waals surface area contributed by atoms with Crippen molar-refractivity contribution in [2.24, 2.45) is 5.73 Å². The Morgan fingerprint density at radius 2 is 2.03 bits per heavy atom. The van der Waals surface area contributed by atoms with Gasteiger partial charge in [-0.25, -0.2) is 13.4 Å². The normalized spacial score (nSPS) is 11.6. The maximum Gasteiger partial charge on any atom is 0.268 e. The van der Waals surface area contributed by atoms with E-state index in [1.807, 2.05) is 12.1 Å². The van der Waals surface area contributed by atoms with Gasteiger partial charge >= 0.3 is 0 Å². The van der Waals surface area contributed by atoms with Crippen LogP contribution in [0.2, 0.25) is 0 Å². The van der Waals surface area contributed by atoms with E-state index in [2.05, 4.69) is 24.9 Å². The first-order valence-electron chi connectivity index (χ1n) is 8.42. The first kappa shape index (κ1) is 19.0. The van der Waals surface area contributed by atoms with Crippen LogP contribution in [0.3, 0.4) is 0 Å². The molecule has 148 valence electrons. The summed E-state index contributed by atoms with van der Waals surface area (Å²) in [6, 6.07) is 5.61. The van der Waals surface area contributed by atoms with Crippen molar-refractivity contribution in [3.63, 3.8) is 0 Å². The summed E-state index contributed by atoms with van der Waals surface area (Å²) in [7, 11) is -3.41. The molecule has 0 fully saturated rings. The lowest BCUT2D eigenvalue weighted by atomic mass is 9.99. The molecule has 3 aromatic heterocycles. The average molecular weight is 428 g/mol. The number of nitrogens with two attached hydrogens (primary N) is 1. The summed E-state index contributed by atoms with van der Waals surface area (Å²) in [6.45, 7) is 0. The van der Waals surface area contributed by atoms with Gasteiger partial charge in [0.25, 0.3) is 5.91 Å². The number of aromatic nitrogens is 4. The second-order valence-electron chi connectivity index (χ2n) is 6.47. The number of benzene rings is 1. The topological polar surface area (TPSA) is 144 Å². The minimum Gasteiger partial charge on any atom is -0.364 e. The van der Waals surface area contributed by atoms with Gasteiger partial charge in [-0.1, -0.05) is 0 Å². The zero-order valence-corrected chi connectivity index (χ0v) is 16.8. The van der Waals surface area contributed by atoms with Crippen molar-refractivity contribution in [1.82, 2.24) is 20.2 Å². The molecule has 4 aromatic rings. The Morgan fingerprint density at radius 1 is 1.21 bits per heavy atom. The average Bonchev–Trinajstić information content (AvgIpc) is 3.29. The van der Waals surface area contributed by atoms with Crippen molar-refractivity contribution in [2.75, 3.05) is 11.0 Å². The second-order valence-corrected chi connectivity index (χ2v) is 9.16. The van der Waals surface area contributed by atoms with Crippen LogP contribution in [0.5, 0.6) is 0 Å². The number of rotatable bonds is 6. The SMILES string of the molecule is CS(=O)(=O)Nc1cncc(-c2cc(Cc3nc(C(N)=O)cs3)c3cn[nH]c3c2)c1. The van der Waals surface area contributed by atoms with Gasteiger partial charge in [0.05, 0.1) is 34.9 Å². The number of thiazole rings is 1. The van der Waals surface area contributed by atoms with E-state index in [0.29, 0.717) is 12.1 Å². The van der Waals surface area contributed by atoms with Crippen LogP contribution in [-0.4, -0.2) is 40.7 Å². The van der Waals surface area contributed by atoms with Crippen molar-refractivity contribution < 1.29 is 13.2 Å². The molecule has 1 amide bonds. The Hall–Kier alpha value is -3.31. The fourth-order valence-corrected chi connectivity index (χ4v) is 4.32. The molecular formula is C18H16N6O3S2. The van der Waals surface area contributed by atoms with Gasteiger partial charge < -0.3 is 5.73 Å². The molecule has 0 bridgehead atoms. The number of nitrogens with one attached hydrogen (secondary N) is 2. The van der Waals surface area contributed by atoms with E-state index >= 15 is 0 Å². The summed E-state index contributed by atoms with van der Waals surface area (Å²) in [6.07, 6.45) is 6.42. The van der Waals surface area contributed by atoms with Crippen LogP contribution in [0.1, 0.15) is 21.1 Å². The third-order valence-corrected chi connectivity index (χ3v) is 5.62. The van der Waals surface area contributed by atoms with E-state index in [4.69, 9.17) is 5.73 Å². The molecule has 0 spiro atoms. The van der Waals surface area contributed by atoms with E-state index in [-0.39, 0.29) is 5.69 Å². The number of pyridine rings is 1. The van der Waals surface area contributed by atoms with Crippen molar-refractivity contribution in [3.05, 3.63) is 58.4 Å². The number of H-pyrrole nitrogens is 1. The number of primary amides is 1. The molecule has 4 rings (SSSR count). The minimum absolute atomic E-state index is 0.244. The highest BCUT2D eigenvalue weighted by Crippen LogP contribution is 2.29. The van der Waals surface area contributed by atoms with Crippen molar-refractivity contribution in [2.45, 2.75) is 6.42 Å². The number of aromatic amines is 1. The standard InChI is InChI=1S/C18H16N6O3S2/c1-29(26,27)24-13-3-12(6-20-7-13)10-2-11(14-8-21-23-15(14)4-10)5-17-22-16(9-28-17)18(19)25/h2-4,6-9,24H,5H2,1H3,(H2,19,25)(H,21,23). The van der Waals surface area contributed by atoms with Crippen molar-refractivity contribution in [1.29, 1.82) is 0 Å². The Labute approximate surface area is 170 Å². The van der Waals surface area contributed by atoms with Crippen LogP contribution in [0.25, 0.3) is 22.0 Å². The molecule has 0 radical (unpaired) electrons. The number of amides is 1. The minimum atomic E-state index is -3.41. The second kappa shape index (κ2) is 7.26. The van der Waals surface area contributed by atoms with E-state index in [0.717, 1.165) is 38.9 Å². The molecule has 0 unspecified atom stereocenters. The molecule has 0 saturated carbocycles. The van der Waals surface area contributed by atoms with E-state index < -0.39 is 15.9 Å². The highest BCUT2D eigenvalue weighted by atomic mass is 32.2. The zero-order valence-electron chi connectivity index (χ0n) is 15.2. The summed E-state index contributed by atoms with van der Waals surface area (Å²) in [5.74, 6) is -0.559. The molecular weight excluding hydrogens is 412 g/mol. The summed E-state index contributed by atoms with van der Waals surface area (Å²) in [5, 5.41) is 10.4. The number of sulfonamides is 1. The van der Waals surface area contributed by atoms with Gasteiger partial charge in [-0.3, -0.25) is 19.6 Å². The summed E-state index contributed by atoms with van der Waals surface area (Å²) < 4.78 is 25.4. The molecule has 0 saturated heterocycles. The number of carbonyl (C=O) groups excluding carboxylic acids is 1. The molecule has 3 heterocycles. The van der Waals surface area contributed by atoms with Crippen molar-refractivity contribution in [3.8, 4) is 11.1 Å². The molecule has 9 nitrogen and oxygen atoms in total. The smallest absolute Gasteiger partial charge is 0.268 e. The van der Waals surface area contributed by atoms with E-state index in [9.17, 15) is 13.2 Å². The number of hydrogen-bond donors (Lipinski definition) is 3. The summed E-state index contributed by atoms with van der Waals surface area (Å²) in [5.41, 5.74) is 9.27.